The average molecular weight is 522 g/mol. The summed E-state index contributed by atoms with van der Waals surface area (Å²) in [5, 5.41) is 3.05. The topological polar surface area (TPSA) is 92.5 Å². The summed E-state index contributed by atoms with van der Waals surface area (Å²) in [7, 11) is -4.18. The fourth-order valence-corrected chi connectivity index (χ4v) is 6.81. The van der Waals surface area contributed by atoms with E-state index < -0.39 is 32.7 Å². The largest absolute Gasteiger partial charge is 0.416 e. The van der Waals surface area contributed by atoms with Crippen LogP contribution in [0.4, 0.5) is 13.2 Å². The third-order valence-electron chi connectivity index (χ3n) is 6.96. The first-order chi connectivity index (χ1) is 17.0. The molecule has 0 bridgehead atoms. The van der Waals surface area contributed by atoms with E-state index in [0.717, 1.165) is 59.7 Å². The number of aryl methyl sites for hydroxylation is 1. The molecule has 2 aromatic carbocycles. The monoisotopic (exact) mass is 521 g/mol. The highest BCUT2D eigenvalue weighted by atomic mass is 32.2. The van der Waals surface area contributed by atoms with Crippen molar-refractivity contribution >= 4 is 21.5 Å². The van der Waals surface area contributed by atoms with Gasteiger partial charge in [-0.25, -0.2) is 8.42 Å². The summed E-state index contributed by atoms with van der Waals surface area (Å²) in [4.78, 5) is 12.6. The maximum absolute atomic E-state index is 13.2. The van der Waals surface area contributed by atoms with Crippen molar-refractivity contribution in [2.75, 3.05) is 13.1 Å². The molecule has 1 aliphatic heterocycles. The number of nitrogens with zero attached hydrogens (tertiary/aromatic N) is 1. The quantitative estimate of drug-likeness (QED) is 0.565. The second-order valence-electron chi connectivity index (χ2n) is 9.38. The molecule has 194 valence electrons. The molecule has 3 N–H and O–H groups in total. The zero-order valence-corrected chi connectivity index (χ0v) is 20.7. The Balaban J connectivity index is 1.47. The van der Waals surface area contributed by atoms with Crippen LogP contribution in [0.15, 0.2) is 53.9 Å². The van der Waals surface area contributed by atoms with Crippen molar-refractivity contribution < 1.29 is 26.4 Å². The van der Waals surface area contributed by atoms with Gasteiger partial charge in [-0.3, -0.25) is 4.79 Å². The van der Waals surface area contributed by atoms with Crippen molar-refractivity contribution in [1.82, 2.24) is 9.62 Å². The number of benzene rings is 2. The molecule has 2 aromatic rings. The number of amides is 1. The average Bonchev–Trinajstić information content (AvgIpc) is 3.31. The molecule has 1 aliphatic carbocycles. The Hall–Kier alpha value is -2.69. The molecule has 0 saturated carbocycles. The third-order valence-corrected chi connectivity index (χ3v) is 8.91. The van der Waals surface area contributed by atoms with Gasteiger partial charge >= 0.3 is 6.18 Å². The lowest BCUT2D eigenvalue weighted by atomic mass is 9.85. The lowest BCUT2D eigenvalue weighted by Gasteiger charge is -2.29. The second-order valence-corrected chi connectivity index (χ2v) is 11.3. The van der Waals surface area contributed by atoms with E-state index in [4.69, 9.17) is 5.73 Å². The third kappa shape index (κ3) is 5.50. The van der Waals surface area contributed by atoms with Gasteiger partial charge in [0.2, 0.25) is 15.9 Å². The molecule has 1 heterocycles. The minimum Gasteiger partial charge on any atom is -0.349 e. The standard InChI is InChI=1S/C26H30F3N3O3S/c1-17(16-30)18-10-11-23-19(13-18)5-2-9-24(23)31-25(33)15-21-7-4-12-32(21)36(34,35)22-8-3-6-20(14-22)26(27,28)29/h3,6,8,10-11,13-14,21,24H,1-2,4-5,7,9,12,15-16,30H2,(H,31,33)/t21-,24+/m0/s1. The highest BCUT2D eigenvalue weighted by Crippen LogP contribution is 2.34. The number of carbonyl (C=O) groups is 1. The number of nitrogens with one attached hydrogen (secondary N) is 1. The minimum atomic E-state index is -4.65. The maximum atomic E-state index is 13.2. The summed E-state index contributed by atoms with van der Waals surface area (Å²) < 4.78 is 66.9. The van der Waals surface area contributed by atoms with Gasteiger partial charge < -0.3 is 11.1 Å². The smallest absolute Gasteiger partial charge is 0.349 e. The number of rotatable bonds is 7. The van der Waals surface area contributed by atoms with Crippen molar-refractivity contribution in [2.45, 2.75) is 61.7 Å². The SMILES string of the molecule is C=C(CN)c1ccc2c(c1)CCC[C@H]2NC(=O)C[C@@H]1CCCN1S(=O)(=O)c1cccc(C(F)(F)F)c1. The van der Waals surface area contributed by atoms with E-state index >= 15 is 0 Å². The molecular weight excluding hydrogens is 491 g/mol. The van der Waals surface area contributed by atoms with Crippen LogP contribution in [0.2, 0.25) is 0 Å². The van der Waals surface area contributed by atoms with Crippen molar-refractivity contribution in [3.8, 4) is 0 Å². The molecule has 2 atom stereocenters. The fourth-order valence-electron chi connectivity index (χ4n) is 5.07. The van der Waals surface area contributed by atoms with Crippen LogP contribution in [-0.4, -0.2) is 37.8 Å². The molecule has 0 spiro atoms. The van der Waals surface area contributed by atoms with Gasteiger partial charge in [-0.05, 0) is 72.6 Å². The molecule has 0 aromatic heterocycles. The van der Waals surface area contributed by atoms with E-state index in [9.17, 15) is 26.4 Å². The van der Waals surface area contributed by atoms with E-state index in [2.05, 4.69) is 18.0 Å². The normalized spacial score (nSPS) is 20.7. The van der Waals surface area contributed by atoms with E-state index in [-0.39, 0.29) is 24.9 Å². The van der Waals surface area contributed by atoms with Gasteiger partial charge in [0.25, 0.3) is 0 Å². The summed E-state index contributed by atoms with van der Waals surface area (Å²) in [5.74, 6) is -0.278. The van der Waals surface area contributed by atoms with E-state index in [1.54, 1.807) is 0 Å². The molecule has 10 heteroatoms. The van der Waals surface area contributed by atoms with Crippen molar-refractivity contribution in [1.29, 1.82) is 0 Å². The van der Waals surface area contributed by atoms with Crippen LogP contribution in [0.3, 0.4) is 0 Å². The molecule has 1 fully saturated rings. The van der Waals surface area contributed by atoms with Gasteiger partial charge in [0.05, 0.1) is 16.5 Å². The van der Waals surface area contributed by atoms with E-state index in [1.807, 2.05) is 12.1 Å². The van der Waals surface area contributed by atoms with Gasteiger partial charge in [-0.1, -0.05) is 30.8 Å². The summed E-state index contributed by atoms with van der Waals surface area (Å²) in [6.07, 6.45) is -1.13. The molecule has 0 radical (unpaired) electrons. The van der Waals surface area contributed by atoms with Crippen molar-refractivity contribution in [2.24, 2.45) is 5.73 Å². The molecule has 0 unspecified atom stereocenters. The van der Waals surface area contributed by atoms with Crippen LogP contribution in [0.5, 0.6) is 0 Å². The predicted octanol–water partition coefficient (Wildman–Crippen LogP) is 4.41. The van der Waals surface area contributed by atoms with Crippen LogP contribution in [-0.2, 0) is 27.4 Å². The number of alkyl halides is 3. The molecular formula is C26H30F3N3O3S. The summed E-state index contributed by atoms with van der Waals surface area (Å²) in [6, 6.07) is 8.92. The second kappa shape index (κ2) is 10.4. The molecule has 1 saturated heterocycles. The van der Waals surface area contributed by atoms with Crippen LogP contribution in [0.1, 0.15) is 60.4 Å². The predicted molar refractivity (Wildman–Crippen MR) is 131 cm³/mol. The van der Waals surface area contributed by atoms with E-state index in [1.165, 1.54) is 4.31 Å². The number of hydrogen-bond donors (Lipinski definition) is 2. The Morgan fingerprint density at radius 3 is 2.64 bits per heavy atom. The van der Waals surface area contributed by atoms with Crippen molar-refractivity contribution in [3.63, 3.8) is 0 Å². The van der Waals surface area contributed by atoms with E-state index in [0.29, 0.717) is 25.5 Å². The zero-order valence-electron chi connectivity index (χ0n) is 19.9. The van der Waals surface area contributed by atoms with Crippen LogP contribution < -0.4 is 11.1 Å². The Morgan fingerprint density at radius 2 is 1.92 bits per heavy atom. The summed E-state index contributed by atoms with van der Waals surface area (Å²) >= 11 is 0. The fraction of sp³-hybridized carbons (Fsp3) is 0.423. The zero-order chi connectivity index (χ0) is 26.1. The number of carbonyl (C=O) groups excluding carboxylic acids is 1. The highest BCUT2D eigenvalue weighted by Gasteiger charge is 2.38. The van der Waals surface area contributed by atoms with Gasteiger partial charge in [-0.15, -0.1) is 0 Å². The number of nitrogens with two attached hydrogens (primary N) is 1. The first kappa shape index (κ1) is 26.4. The van der Waals surface area contributed by atoms with Gasteiger partial charge in [-0.2, -0.15) is 17.5 Å². The van der Waals surface area contributed by atoms with Gasteiger partial charge in [0, 0.05) is 25.6 Å². The first-order valence-corrected chi connectivity index (χ1v) is 13.4. The summed E-state index contributed by atoms with van der Waals surface area (Å²) in [6.45, 7) is 4.50. The van der Waals surface area contributed by atoms with Crippen LogP contribution in [0, 0.1) is 0 Å². The molecule has 4 rings (SSSR count). The van der Waals surface area contributed by atoms with Crippen LogP contribution in [0.25, 0.3) is 5.57 Å². The Morgan fingerprint density at radius 1 is 1.14 bits per heavy atom. The number of sulfonamides is 1. The van der Waals surface area contributed by atoms with Gasteiger partial charge in [0.15, 0.2) is 0 Å². The molecule has 36 heavy (non-hydrogen) atoms. The minimum absolute atomic E-state index is 0.0495. The Bertz CT molecular complexity index is 1260. The Kier molecular flexibility index (Phi) is 7.59. The lowest BCUT2D eigenvalue weighted by Crippen LogP contribution is -2.40. The summed E-state index contributed by atoms with van der Waals surface area (Å²) in [5.41, 5.74) is 8.66. The van der Waals surface area contributed by atoms with Gasteiger partial charge in [0.1, 0.15) is 0 Å². The molecule has 2 aliphatic rings. The van der Waals surface area contributed by atoms with Crippen molar-refractivity contribution in [3.05, 3.63) is 71.3 Å². The van der Waals surface area contributed by atoms with Crippen LogP contribution >= 0.6 is 0 Å². The molecule has 1 amide bonds. The number of fused-ring (bicyclic) bond motifs is 1. The number of halogens is 3. The maximum Gasteiger partial charge on any atom is 0.416 e. The first-order valence-electron chi connectivity index (χ1n) is 12.0. The lowest BCUT2D eigenvalue weighted by molar-refractivity contribution is -0.137. The Labute approximate surface area is 209 Å². The highest BCUT2D eigenvalue weighted by molar-refractivity contribution is 7.89. The molecule has 6 nitrogen and oxygen atoms in total. The number of hydrogen-bond acceptors (Lipinski definition) is 4.